The van der Waals surface area contributed by atoms with E-state index in [1.165, 1.54) is 0 Å². The Morgan fingerprint density at radius 3 is 2.85 bits per heavy atom. The molecule has 20 heavy (non-hydrogen) atoms. The zero-order valence-corrected chi connectivity index (χ0v) is 11.7. The number of aliphatic hydroxyl groups excluding tert-OH is 1. The maximum Gasteiger partial charge on any atom is 0.255 e. The van der Waals surface area contributed by atoms with Crippen molar-refractivity contribution < 1.29 is 14.6 Å². The number of carbonyl (C=O) groups is 1. The maximum absolute atomic E-state index is 12.6. The molecule has 0 aromatic carbocycles. The lowest BCUT2D eigenvalue weighted by Crippen LogP contribution is -2.48. The third-order valence-electron chi connectivity index (χ3n) is 3.06. The second-order valence-corrected chi connectivity index (χ2v) is 4.85. The molecule has 2 atom stereocenters. The zero-order valence-electron chi connectivity index (χ0n) is 11.7. The van der Waals surface area contributed by atoms with E-state index in [1.54, 1.807) is 23.4 Å². The number of amides is 1. The molecule has 0 unspecified atom stereocenters. The Morgan fingerprint density at radius 2 is 2.20 bits per heavy atom. The van der Waals surface area contributed by atoms with Crippen molar-refractivity contribution in [3.8, 4) is 11.8 Å². The molecule has 2 heterocycles. The summed E-state index contributed by atoms with van der Waals surface area (Å²) in [7, 11) is 0. The number of hydrogen-bond acceptors (Lipinski definition) is 4. The fourth-order valence-corrected chi connectivity index (χ4v) is 2.33. The number of carbonyl (C=O) groups excluding carboxylic acids is 1. The molecule has 0 aliphatic carbocycles. The van der Waals surface area contributed by atoms with Crippen LogP contribution in [0.25, 0.3) is 0 Å². The summed E-state index contributed by atoms with van der Waals surface area (Å²) < 4.78 is 5.63. The molecule has 0 radical (unpaired) electrons. The highest BCUT2D eigenvalue weighted by atomic mass is 16.5. The first-order valence-corrected chi connectivity index (χ1v) is 6.60. The number of morpholine rings is 1. The average Bonchev–Trinajstić information content (AvgIpc) is 2.43. The van der Waals surface area contributed by atoms with E-state index in [9.17, 15) is 4.79 Å². The van der Waals surface area contributed by atoms with E-state index >= 15 is 0 Å². The van der Waals surface area contributed by atoms with Crippen LogP contribution in [0.15, 0.2) is 18.5 Å². The van der Waals surface area contributed by atoms with Crippen LogP contribution in [0.3, 0.4) is 0 Å². The summed E-state index contributed by atoms with van der Waals surface area (Å²) in [5.74, 6) is 5.24. The van der Waals surface area contributed by atoms with Crippen molar-refractivity contribution in [2.45, 2.75) is 26.1 Å². The third kappa shape index (κ3) is 3.35. The first kappa shape index (κ1) is 14.5. The van der Waals surface area contributed by atoms with E-state index in [2.05, 4.69) is 16.8 Å². The van der Waals surface area contributed by atoms with Gasteiger partial charge in [0.15, 0.2) is 0 Å². The summed E-state index contributed by atoms with van der Waals surface area (Å²) in [5, 5.41) is 8.77. The van der Waals surface area contributed by atoms with Crippen LogP contribution in [0.5, 0.6) is 0 Å². The molecule has 106 valence electrons. The molecule has 1 amide bonds. The highest BCUT2D eigenvalue weighted by Gasteiger charge is 2.27. The Bertz CT molecular complexity index is 538. The first-order chi connectivity index (χ1) is 9.61. The molecule has 1 aromatic rings. The second kappa shape index (κ2) is 6.51. The topological polar surface area (TPSA) is 62.7 Å². The highest BCUT2D eigenvalue weighted by Crippen LogP contribution is 2.16. The van der Waals surface area contributed by atoms with E-state index in [4.69, 9.17) is 9.84 Å². The van der Waals surface area contributed by atoms with Crippen LogP contribution in [-0.4, -0.2) is 52.8 Å². The fraction of sp³-hybridized carbons (Fsp3) is 0.467. The smallest absolute Gasteiger partial charge is 0.255 e. The molecular weight excluding hydrogens is 256 g/mol. The van der Waals surface area contributed by atoms with Crippen molar-refractivity contribution in [1.29, 1.82) is 0 Å². The van der Waals surface area contributed by atoms with Gasteiger partial charge in [0, 0.05) is 25.5 Å². The van der Waals surface area contributed by atoms with Gasteiger partial charge in [-0.05, 0) is 19.9 Å². The van der Waals surface area contributed by atoms with E-state index in [-0.39, 0.29) is 24.7 Å². The molecule has 1 aliphatic rings. The average molecular weight is 274 g/mol. The Labute approximate surface area is 118 Å². The van der Waals surface area contributed by atoms with Crippen molar-refractivity contribution in [1.82, 2.24) is 9.88 Å². The van der Waals surface area contributed by atoms with E-state index in [0.29, 0.717) is 24.2 Å². The standard InChI is InChI=1S/C15H18N2O3/c1-11-9-17(10-12(2)20-11)15(19)14-5-6-16-8-13(14)4-3-7-18/h5-6,8,11-12,18H,7,9-10H2,1-2H3/t11-,12+. The summed E-state index contributed by atoms with van der Waals surface area (Å²) >= 11 is 0. The zero-order chi connectivity index (χ0) is 14.5. The number of aromatic nitrogens is 1. The monoisotopic (exact) mass is 274 g/mol. The summed E-state index contributed by atoms with van der Waals surface area (Å²) in [5.41, 5.74) is 1.06. The van der Waals surface area contributed by atoms with Gasteiger partial charge in [0.2, 0.25) is 0 Å². The van der Waals surface area contributed by atoms with Crippen molar-refractivity contribution in [2.75, 3.05) is 19.7 Å². The number of aliphatic hydroxyl groups is 1. The van der Waals surface area contributed by atoms with Crippen LogP contribution < -0.4 is 0 Å². The lowest BCUT2D eigenvalue weighted by molar-refractivity contribution is -0.0586. The van der Waals surface area contributed by atoms with Gasteiger partial charge in [0.05, 0.1) is 23.3 Å². The lowest BCUT2D eigenvalue weighted by atomic mass is 10.1. The van der Waals surface area contributed by atoms with Crippen molar-refractivity contribution in [2.24, 2.45) is 0 Å². The largest absolute Gasteiger partial charge is 0.384 e. The van der Waals surface area contributed by atoms with Crippen molar-refractivity contribution >= 4 is 5.91 Å². The molecule has 1 fully saturated rings. The summed E-state index contributed by atoms with van der Waals surface area (Å²) in [6, 6.07) is 1.66. The van der Waals surface area contributed by atoms with Gasteiger partial charge in [0.25, 0.3) is 5.91 Å². The highest BCUT2D eigenvalue weighted by molar-refractivity contribution is 5.96. The molecule has 5 nitrogen and oxygen atoms in total. The molecule has 0 saturated carbocycles. The molecule has 5 heteroatoms. The summed E-state index contributed by atoms with van der Waals surface area (Å²) in [4.78, 5) is 18.3. The summed E-state index contributed by atoms with van der Waals surface area (Å²) in [6.45, 7) is 4.80. The van der Waals surface area contributed by atoms with Gasteiger partial charge in [-0.2, -0.15) is 0 Å². The molecule has 2 rings (SSSR count). The van der Waals surface area contributed by atoms with E-state index < -0.39 is 0 Å². The Balaban J connectivity index is 2.24. The van der Waals surface area contributed by atoms with Crippen molar-refractivity contribution in [3.05, 3.63) is 29.6 Å². The van der Waals surface area contributed by atoms with Gasteiger partial charge in [-0.1, -0.05) is 11.8 Å². The molecule has 1 N–H and O–H groups in total. The Kier molecular flexibility index (Phi) is 4.72. The van der Waals surface area contributed by atoms with Crippen LogP contribution in [0.2, 0.25) is 0 Å². The number of pyridine rings is 1. The maximum atomic E-state index is 12.6. The molecule has 1 aliphatic heterocycles. The quantitative estimate of drug-likeness (QED) is 0.765. The SMILES string of the molecule is C[C@@H]1CN(C(=O)c2ccncc2C#CCO)C[C@H](C)O1. The third-order valence-corrected chi connectivity index (χ3v) is 3.06. The predicted octanol–water partition coefficient (Wildman–Crippen LogP) is 0.675. The van der Waals surface area contributed by atoms with Crippen LogP contribution >= 0.6 is 0 Å². The van der Waals surface area contributed by atoms with Gasteiger partial charge in [0.1, 0.15) is 6.61 Å². The minimum Gasteiger partial charge on any atom is -0.384 e. The van der Waals surface area contributed by atoms with E-state index in [1.807, 2.05) is 13.8 Å². The van der Waals surface area contributed by atoms with Crippen LogP contribution in [-0.2, 0) is 4.74 Å². The second-order valence-electron chi connectivity index (χ2n) is 4.85. The van der Waals surface area contributed by atoms with Crippen LogP contribution in [0.1, 0.15) is 29.8 Å². The predicted molar refractivity (Wildman–Crippen MR) is 74.1 cm³/mol. The number of hydrogen-bond donors (Lipinski definition) is 1. The molecule has 0 spiro atoms. The molecule has 1 aromatic heterocycles. The normalized spacial score (nSPS) is 22.1. The van der Waals surface area contributed by atoms with Gasteiger partial charge >= 0.3 is 0 Å². The molecule has 1 saturated heterocycles. The van der Waals surface area contributed by atoms with Gasteiger partial charge in [-0.15, -0.1) is 0 Å². The lowest BCUT2D eigenvalue weighted by Gasteiger charge is -2.35. The van der Waals surface area contributed by atoms with Gasteiger partial charge in [-0.25, -0.2) is 0 Å². The number of ether oxygens (including phenoxy) is 1. The van der Waals surface area contributed by atoms with Crippen LogP contribution in [0, 0.1) is 11.8 Å². The van der Waals surface area contributed by atoms with Crippen LogP contribution in [0.4, 0.5) is 0 Å². The van der Waals surface area contributed by atoms with Crippen molar-refractivity contribution in [3.63, 3.8) is 0 Å². The minimum atomic E-state index is -0.242. The minimum absolute atomic E-state index is 0.0245. The van der Waals surface area contributed by atoms with Gasteiger partial charge in [-0.3, -0.25) is 9.78 Å². The summed E-state index contributed by atoms with van der Waals surface area (Å²) in [6.07, 6.45) is 3.17. The fourth-order valence-electron chi connectivity index (χ4n) is 2.33. The van der Waals surface area contributed by atoms with Gasteiger partial charge < -0.3 is 14.7 Å². The number of nitrogens with zero attached hydrogens (tertiary/aromatic N) is 2. The van der Waals surface area contributed by atoms with E-state index in [0.717, 1.165) is 0 Å². The number of rotatable bonds is 1. The molecular formula is C15H18N2O3. The Hall–Kier alpha value is -1.90. The first-order valence-electron chi connectivity index (χ1n) is 6.60. The molecule has 0 bridgehead atoms. The Morgan fingerprint density at radius 1 is 1.50 bits per heavy atom.